The van der Waals surface area contributed by atoms with E-state index in [-0.39, 0.29) is 30.9 Å². The van der Waals surface area contributed by atoms with Crippen molar-refractivity contribution >= 4 is 17.5 Å². The molecule has 1 atom stereocenters. The van der Waals surface area contributed by atoms with Gasteiger partial charge in [0.15, 0.2) is 5.69 Å². The molecule has 7 nitrogen and oxygen atoms in total. The summed E-state index contributed by atoms with van der Waals surface area (Å²) in [7, 11) is 1.45. The number of anilines is 1. The standard InChI is InChI=1S/C15H17F3N4O3/c1-14(25,5-3-4-12(23)20-2)13(24)22-9-6-10(15(16,17)18)11(7-19)21-8-9/h6,8,25H,3-5H2,1-2H3,(H,20,23)(H,22,24). The molecule has 0 radical (unpaired) electrons. The van der Waals surface area contributed by atoms with Crippen LogP contribution < -0.4 is 10.6 Å². The SMILES string of the molecule is CNC(=O)CCCC(C)(O)C(=O)Nc1cnc(C#N)c(C(F)(F)F)c1. The maximum Gasteiger partial charge on any atom is 0.419 e. The number of nitriles is 1. The summed E-state index contributed by atoms with van der Waals surface area (Å²) in [6.45, 7) is 1.19. The molecule has 1 aromatic heterocycles. The number of pyridine rings is 1. The number of alkyl halides is 3. The third kappa shape index (κ3) is 5.72. The lowest BCUT2D eigenvalue weighted by molar-refractivity contribution is -0.138. The Morgan fingerprint density at radius 2 is 2.04 bits per heavy atom. The Balaban J connectivity index is 2.86. The monoisotopic (exact) mass is 358 g/mol. The summed E-state index contributed by atoms with van der Waals surface area (Å²) in [5.74, 6) is -1.20. The molecule has 0 aromatic carbocycles. The summed E-state index contributed by atoms with van der Waals surface area (Å²) >= 11 is 0. The van der Waals surface area contributed by atoms with Gasteiger partial charge in [0.05, 0.1) is 17.4 Å². The predicted molar refractivity (Wildman–Crippen MR) is 81.1 cm³/mol. The Hall–Kier alpha value is -2.67. The zero-order chi connectivity index (χ0) is 19.3. The average Bonchev–Trinajstić information content (AvgIpc) is 2.53. The quantitative estimate of drug-likeness (QED) is 0.714. The van der Waals surface area contributed by atoms with Crippen LogP contribution >= 0.6 is 0 Å². The summed E-state index contributed by atoms with van der Waals surface area (Å²) in [5, 5.41) is 23.3. The van der Waals surface area contributed by atoms with Gasteiger partial charge in [-0.2, -0.15) is 18.4 Å². The zero-order valence-corrected chi connectivity index (χ0v) is 13.6. The van der Waals surface area contributed by atoms with Gasteiger partial charge in [-0.1, -0.05) is 0 Å². The topological polar surface area (TPSA) is 115 Å². The van der Waals surface area contributed by atoms with Crippen molar-refractivity contribution in [2.75, 3.05) is 12.4 Å². The summed E-state index contributed by atoms with van der Waals surface area (Å²) in [5.41, 5.74) is -4.29. The van der Waals surface area contributed by atoms with Crippen LogP contribution in [0.3, 0.4) is 0 Å². The minimum atomic E-state index is -4.81. The molecule has 1 rings (SSSR count). The average molecular weight is 358 g/mol. The highest BCUT2D eigenvalue weighted by molar-refractivity contribution is 5.96. The van der Waals surface area contributed by atoms with E-state index in [0.717, 1.165) is 6.20 Å². The molecule has 0 fully saturated rings. The van der Waals surface area contributed by atoms with Crippen LogP contribution in [0.5, 0.6) is 0 Å². The molecule has 0 spiro atoms. The third-order valence-corrected chi connectivity index (χ3v) is 3.39. The van der Waals surface area contributed by atoms with Crippen molar-refractivity contribution in [2.45, 2.75) is 38.0 Å². The normalized spacial score (nSPS) is 13.5. The molecule has 1 aromatic rings. The van der Waals surface area contributed by atoms with E-state index in [9.17, 15) is 27.9 Å². The second-order valence-corrected chi connectivity index (χ2v) is 5.48. The van der Waals surface area contributed by atoms with Gasteiger partial charge in [0, 0.05) is 13.5 Å². The van der Waals surface area contributed by atoms with E-state index in [1.807, 2.05) is 0 Å². The highest BCUT2D eigenvalue weighted by atomic mass is 19.4. The Morgan fingerprint density at radius 1 is 1.40 bits per heavy atom. The Morgan fingerprint density at radius 3 is 2.56 bits per heavy atom. The smallest absolute Gasteiger partial charge is 0.380 e. The number of hydrogen-bond donors (Lipinski definition) is 3. The number of nitrogens with one attached hydrogen (secondary N) is 2. The molecule has 1 heterocycles. The second kappa shape index (κ2) is 7.94. The number of amides is 2. The second-order valence-electron chi connectivity index (χ2n) is 5.48. The fourth-order valence-corrected chi connectivity index (χ4v) is 1.94. The van der Waals surface area contributed by atoms with Crippen LogP contribution in [-0.2, 0) is 15.8 Å². The lowest BCUT2D eigenvalue weighted by Gasteiger charge is -2.22. The molecule has 1 unspecified atom stereocenters. The fourth-order valence-electron chi connectivity index (χ4n) is 1.94. The number of aliphatic hydroxyl groups is 1. The maximum atomic E-state index is 12.9. The van der Waals surface area contributed by atoms with Crippen molar-refractivity contribution in [3.63, 3.8) is 0 Å². The predicted octanol–water partition coefficient (Wildman–Crippen LogP) is 1.58. The maximum absolute atomic E-state index is 12.9. The van der Waals surface area contributed by atoms with Crippen LogP contribution in [0.4, 0.5) is 18.9 Å². The van der Waals surface area contributed by atoms with Crippen LogP contribution in [0.2, 0.25) is 0 Å². The van der Waals surface area contributed by atoms with Crippen LogP contribution in [0.25, 0.3) is 0 Å². The van der Waals surface area contributed by atoms with Gasteiger partial charge in [-0.15, -0.1) is 0 Å². The van der Waals surface area contributed by atoms with Gasteiger partial charge in [-0.25, -0.2) is 4.98 Å². The largest absolute Gasteiger partial charge is 0.419 e. The first kappa shape index (κ1) is 20.4. The van der Waals surface area contributed by atoms with Crippen molar-refractivity contribution in [3.05, 3.63) is 23.5 Å². The van der Waals surface area contributed by atoms with E-state index in [2.05, 4.69) is 15.6 Å². The number of nitrogens with zero attached hydrogens (tertiary/aromatic N) is 2. The first-order chi connectivity index (χ1) is 11.5. The number of hydrogen-bond acceptors (Lipinski definition) is 5. The van der Waals surface area contributed by atoms with E-state index >= 15 is 0 Å². The van der Waals surface area contributed by atoms with E-state index in [1.54, 1.807) is 0 Å². The van der Waals surface area contributed by atoms with Crippen LogP contribution in [0.1, 0.15) is 37.4 Å². The Bertz CT molecular complexity index is 696. The first-order valence-corrected chi connectivity index (χ1v) is 7.23. The van der Waals surface area contributed by atoms with Crippen LogP contribution in [-0.4, -0.2) is 34.6 Å². The number of rotatable bonds is 6. The highest BCUT2D eigenvalue weighted by Crippen LogP contribution is 2.32. The van der Waals surface area contributed by atoms with Crippen LogP contribution in [0.15, 0.2) is 12.3 Å². The van der Waals surface area contributed by atoms with E-state index in [4.69, 9.17) is 5.26 Å². The number of carbonyl (C=O) groups excluding carboxylic acids is 2. The molecule has 0 saturated carbocycles. The molecular formula is C15H17F3N4O3. The first-order valence-electron chi connectivity index (χ1n) is 7.23. The van der Waals surface area contributed by atoms with Crippen molar-refractivity contribution in [3.8, 4) is 6.07 Å². The lowest BCUT2D eigenvalue weighted by atomic mass is 9.97. The zero-order valence-electron chi connectivity index (χ0n) is 13.6. The highest BCUT2D eigenvalue weighted by Gasteiger charge is 2.35. The molecule has 0 aliphatic heterocycles. The number of carbonyl (C=O) groups is 2. The molecule has 0 aliphatic carbocycles. The van der Waals surface area contributed by atoms with Crippen molar-refractivity contribution < 1.29 is 27.9 Å². The van der Waals surface area contributed by atoms with Gasteiger partial charge in [-0.3, -0.25) is 9.59 Å². The molecule has 0 saturated heterocycles. The van der Waals surface area contributed by atoms with Gasteiger partial charge >= 0.3 is 6.18 Å². The molecule has 0 aliphatic rings. The Kier molecular flexibility index (Phi) is 6.47. The minimum Gasteiger partial charge on any atom is -0.380 e. The molecule has 0 bridgehead atoms. The van der Waals surface area contributed by atoms with E-state index in [1.165, 1.54) is 20.0 Å². The lowest BCUT2D eigenvalue weighted by Crippen LogP contribution is -2.40. The molecule has 3 N–H and O–H groups in total. The molecule has 10 heteroatoms. The third-order valence-electron chi connectivity index (χ3n) is 3.39. The summed E-state index contributed by atoms with van der Waals surface area (Å²) in [6.07, 6.45) is -3.68. The van der Waals surface area contributed by atoms with Crippen LogP contribution in [0, 0.1) is 11.3 Å². The van der Waals surface area contributed by atoms with E-state index < -0.39 is 28.9 Å². The van der Waals surface area contributed by atoms with Gasteiger partial charge in [-0.05, 0) is 25.8 Å². The van der Waals surface area contributed by atoms with Gasteiger partial charge in [0.25, 0.3) is 5.91 Å². The molecule has 136 valence electrons. The van der Waals surface area contributed by atoms with Gasteiger partial charge in [0.2, 0.25) is 5.91 Å². The van der Waals surface area contributed by atoms with Crippen molar-refractivity contribution in [1.29, 1.82) is 5.26 Å². The summed E-state index contributed by atoms with van der Waals surface area (Å²) < 4.78 is 38.6. The Labute approximate surface area is 141 Å². The van der Waals surface area contributed by atoms with Crippen molar-refractivity contribution in [2.24, 2.45) is 0 Å². The molecule has 2 amide bonds. The van der Waals surface area contributed by atoms with Gasteiger partial charge in [0.1, 0.15) is 11.7 Å². The summed E-state index contributed by atoms with van der Waals surface area (Å²) in [6, 6.07) is 1.90. The number of halogens is 3. The molecular weight excluding hydrogens is 341 g/mol. The fraction of sp³-hybridized carbons (Fsp3) is 0.467. The molecule has 25 heavy (non-hydrogen) atoms. The van der Waals surface area contributed by atoms with Crippen molar-refractivity contribution in [1.82, 2.24) is 10.3 Å². The van der Waals surface area contributed by atoms with Gasteiger partial charge < -0.3 is 15.7 Å². The minimum absolute atomic E-state index is 0.0674. The van der Waals surface area contributed by atoms with E-state index in [0.29, 0.717) is 6.07 Å². The summed E-state index contributed by atoms with van der Waals surface area (Å²) in [4.78, 5) is 26.5. The number of aromatic nitrogens is 1.